The van der Waals surface area contributed by atoms with Crippen LogP contribution in [0.25, 0.3) is 11.1 Å². The van der Waals surface area contributed by atoms with E-state index in [2.05, 4.69) is 48.5 Å². The van der Waals surface area contributed by atoms with Gasteiger partial charge in [0.15, 0.2) is 0 Å². The highest BCUT2D eigenvalue weighted by Gasteiger charge is 2.17. The number of aryl methyl sites for hydroxylation is 1. The van der Waals surface area contributed by atoms with E-state index in [1.165, 1.54) is 28.0 Å². The van der Waals surface area contributed by atoms with Gasteiger partial charge in [-0.15, -0.1) is 11.8 Å². The molecule has 2 aromatic rings. The molecule has 2 N–H and O–H groups in total. The van der Waals surface area contributed by atoms with E-state index in [4.69, 9.17) is 5.73 Å². The molecule has 0 unspecified atom stereocenters. The molecule has 24 heavy (non-hydrogen) atoms. The molecule has 0 saturated heterocycles. The third-order valence-electron chi connectivity index (χ3n) is 4.44. The van der Waals surface area contributed by atoms with E-state index in [1.54, 1.807) is 0 Å². The van der Waals surface area contributed by atoms with Crippen LogP contribution in [0.1, 0.15) is 31.2 Å². The number of amides is 1. The van der Waals surface area contributed by atoms with Crippen molar-refractivity contribution in [1.82, 2.24) is 0 Å². The number of hydrogen-bond donors (Lipinski definition) is 1. The lowest BCUT2D eigenvalue weighted by Crippen LogP contribution is -2.17. The van der Waals surface area contributed by atoms with E-state index in [0.717, 1.165) is 37.0 Å². The summed E-state index contributed by atoms with van der Waals surface area (Å²) in [6.07, 6.45) is 5.13. The second kappa shape index (κ2) is 8.20. The normalized spacial score (nSPS) is 14.7. The average Bonchev–Trinajstić information content (AvgIpc) is 2.63. The van der Waals surface area contributed by atoms with Gasteiger partial charge in [-0.3, -0.25) is 4.79 Å². The second-order valence-corrected chi connectivity index (χ2v) is 7.32. The highest BCUT2D eigenvalue weighted by atomic mass is 32.2. The first-order chi connectivity index (χ1) is 11.7. The molecular weight excluding hydrogens is 314 g/mol. The summed E-state index contributed by atoms with van der Waals surface area (Å²) in [6.45, 7) is 0. The summed E-state index contributed by atoms with van der Waals surface area (Å²) in [4.78, 5) is 12.7. The Hall–Kier alpha value is -2.00. The topological polar surface area (TPSA) is 43.1 Å². The van der Waals surface area contributed by atoms with Crippen molar-refractivity contribution in [2.45, 2.75) is 32.1 Å². The lowest BCUT2D eigenvalue weighted by molar-refractivity contribution is -0.114. The number of carbonyl (C=O) groups is 1. The predicted octanol–water partition coefficient (Wildman–Crippen LogP) is 4.94. The summed E-state index contributed by atoms with van der Waals surface area (Å²) < 4.78 is 0. The van der Waals surface area contributed by atoms with Crippen LogP contribution in [0.4, 0.5) is 0 Å². The van der Waals surface area contributed by atoms with Crippen LogP contribution in [-0.4, -0.2) is 11.7 Å². The zero-order chi connectivity index (χ0) is 16.8. The van der Waals surface area contributed by atoms with E-state index in [-0.39, 0.29) is 5.91 Å². The molecule has 0 fully saturated rings. The summed E-state index contributed by atoms with van der Waals surface area (Å²) in [7, 11) is 0. The summed E-state index contributed by atoms with van der Waals surface area (Å²) in [6, 6.07) is 19.2. The third kappa shape index (κ3) is 4.30. The average molecular weight is 337 g/mol. The van der Waals surface area contributed by atoms with Gasteiger partial charge in [-0.25, -0.2) is 0 Å². The van der Waals surface area contributed by atoms with Crippen molar-refractivity contribution in [2.24, 2.45) is 5.73 Å². The molecule has 124 valence electrons. The van der Waals surface area contributed by atoms with E-state index < -0.39 is 0 Å². The zero-order valence-electron chi connectivity index (χ0n) is 13.8. The fourth-order valence-corrected chi connectivity index (χ4v) is 4.33. The molecule has 3 heteroatoms. The molecule has 0 aromatic heterocycles. The van der Waals surface area contributed by atoms with Crippen LogP contribution in [0.5, 0.6) is 0 Å². The summed E-state index contributed by atoms with van der Waals surface area (Å²) in [5.41, 5.74) is 10.2. The van der Waals surface area contributed by atoms with Gasteiger partial charge in [0.05, 0.1) is 0 Å². The maximum Gasteiger partial charge on any atom is 0.245 e. The van der Waals surface area contributed by atoms with E-state index >= 15 is 0 Å². The molecule has 2 nitrogen and oxygen atoms in total. The largest absolute Gasteiger partial charge is 0.366 e. The maximum atomic E-state index is 11.5. The van der Waals surface area contributed by atoms with Crippen LogP contribution < -0.4 is 5.73 Å². The minimum atomic E-state index is -0.232. The number of hydrogen-bond acceptors (Lipinski definition) is 2. The van der Waals surface area contributed by atoms with Crippen LogP contribution in [0, 0.1) is 0 Å². The Balaban J connectivity index is 1.58. The van der Waals surface area contributed by atoms with Crippen LogP contribution in [0.2, 0.25) is 0 Å². The molecular formula is C21H23NOS. The van der Waals surface area contributed by atoms with E-state index in [0.29, 0.717) is 0 Å². The summed E-state index contributed by atoms with van der Waals surface area (Å²) >= 11 is 1.81. The van der Waals surface area contributed by atoms with Gasteiger partial charge in [0.25, 0.3) is 0 Å². The molecule has 0 spiro atoms. The van der Waals surface area contributed by atoms with Gasteiger partial charge in [0, 0.05) is 11.3 Å². The molecule has 1 aliphatic rings. The van der Waals surface area contributed by atoms with Crippen LogP contribution in [-0.2, 0) is 11.2 Å². The monoisotopic (exact) mass is 337 g/mol. The number of carbonyl (C=O) groups excluding carboxylic acids is 1. The lowest BCUT2D eigenvalue weighted by Gasteiger charge is -2.17. The van der Waals surface area contributed by atoms with E-state index in [9.17, 15) is 4.79 Å². The fourth-order valence-electron chi connectivity index (χ4n) is 3.08. The first kappa shape index (κ1) is 16.8. The Morgan fingerprint density at radius 1 is 0.917 bits per heavy atom. The van der Waals surface area contributed by atoms with Gasteiger partial charge in [-0.1, -0.05) is 54.6 Å². The quantitative estimate of drug-likeness (QED) is 0.811. The molecule has 0 aliphatic heterocycles. The molecule has 3 rings (SSSR count). The number of nitrogens with two attached hydrogens (primary N) is 1. The maximum absolute atomic E-state index is 11.5. The standard InChI is InChI=1S/C21H23NOS/c22-21(23)19-8-4-5-9-20(19)24-15-14-16-10-12-18(13-11-16)17-6-2-1-3-7-17/h1-3,6-7,10-13H,4-5,8-9,14-15H2,(H2,22,23). The first-order valence-corrected chi connectivity index (χ1v) is 9.51. The van der Waals surface area contributed by atoms with Gasteiger partial charge in [0.1, 0.15) is 0 Å². The van der Waals surface area contributed by atoms with Crippen LogP contribution in [0.15, 0.2) is 65.1 Å². The number of rotatable bonds is 6. The molecule has 0 heterocycles. The predicted molar refractivity (Wildman–Crippen MR) is 103 cm³/mol. The van der Waals surface area contributed by atoms with Crippen molar-refractivity contribution in [1.29, 1.82) is 0 Å². The van der Waals surface area contributed by atoms with Crippen molar-refractivity contribution in [3.8, 4) is 11.1 Å². The van der Waals surface area contributed by atoms with Crippen molar-refractivity contribution >= 4 is 17.7 Å². The third-order valence-corrected chi connectivity index (χ3v) is 5.65. The first-order valence-electron chi connectivity index (χ1n) is 8.53. The van der Waals surface area contributed by atoms with Crippen LogP contribution in [0.3, 0.4) is 0 Å². The molecule has 1 amide bonds. The number of primary amides is 1. The fraction of sp³-hybridized carbons (Fsp3) is 0.286. The Morgan fingerprint density at radius 3 is 2.29 bits per heavy atom. The number of benzene rings is 2. The smallest absolute Gasteiger partial charge is 0.245 e. The molecule has 0 atom stereocenters. The Bertz CT molecular complexity index is 719. The summed E-state index contributed by atoms with van der Waals surface area (Å²) in [5.74, 6) is 0.765. The minimum Gasteiger partial charge on any atom is -0.366 e. The summed E-state index contributed by atoms with van der Waals surface area (Å²) in [5, 5.41) is 0. The van der Waals surface area contributed by atoms with Crippen molar-refractivity contribution in [2.75, 3.05) is 5.75 Å². The van der Waals surface area contributed by atoms with Gasteiger partial charge < -0.3 is 5.73 Å². The molecule has 0 saturated carbocycles. The van der Waals surface area contributed by atoms with Gasteiger partial charge in [-0.05, 0) is 53.7 Å². The highest BCUT2D eigenvalue weighted by Crippen LogP contribution is 2.33. The van der Waals surface area contributed by atoms with Crippen LogP contribution >= 0.6 is 11.8 Å². The number of thioether (sulfide) groups is 1. The Kier molecular flexibility index (Phi) is 5.76. The zero-order valence-corrected chi connectivity index (χ0v) is 14.6. The van der Waals surface area contributed by atoms with Gasteiger partial charge >= 0.3 is 0 Å². The molecule has 0 bridgehead atoms. The SMILES string of the molecule is NC(=O)C1=C(SCCc2ccc(-c3ccccc3)cc2)CCCC1. The van der Waals surface area contributed by atoms with Crippen molar-refractivity contribution in [3.05, 3.63) is 70.6 Å². The Morgan fingerprint density at radius 2 is 1.58 bits per heavy atom. The minimum absolute atomic E-state index is 0.232. The number of allylic oxidation sites excluding steroid dienone is 1. The molecule has 0 radical (unpaired) electrons. The van der Waals surface area contributed by atoms with E-state index in [1.807, 2.05) is 17.8 Å². The molecule has 2 aromatic carbocycles. The molecule has 1 aliphatic carbocycles. The Labute approximate surface area is 148 Å². The highest BCUT2D eigenvalue weighted by molar-refractivity contribution is 8.03. The van der Waals surface area contributed by atoms with Crippen molar-refractivity contribution < 1.29 is 4.79 Å². The lowest BCUT2D eigenvalue weighted by atomic mass is 9.99. The van der Waals surface area contributed by atoms with Gasteiger partial charge in [0.2, 0.25) is 5.91 Å². The second-order valence-electron chi connectivity index (χ2n) is 6.13. The van der Waals surface area contributed by atoms with Crippen molar-refractivity contribution in [3.63, 3.8) is 0 Å². The van der Waals surface area contributed by atoms with Gasteiger partial charge in [-0.2, -0.15) is 0 Å².